The van der Waals surface area contributed by atoms with Gasteiger partial charge in [-0.1, -0.05) is 30.7 Å². The Morgan fingerprint density at radius 2 is 1.96 bits per heavy atom. The molecule has 28 heavy (non-hydrogen) atoms. The van der Waals surface area contributed by atoms with E-state index in [1.807, 2.05) is 31.2 Å². The number of rotatable bonds is 9. The fourth-order valence-corrected chi connectivity index (χ4v) is 2.46. The van der Waals surface area contributed by atoms with Crippen LogP contribution in [0.3, 0.4) is 0 Å². The molecule has 2 aromatic rings. The number of carbonyl (C=O) groups is 2. The highest BCUT2D eigenvalue weighted by Crippen LogP contribution is 2.24. The first-order chi connectivity index (χ1) is 13.4. The van der Waals surface area contributed by atoms with Crippen molar-refractivity contribution in [2.75, 3.05) is 19.8 Å². The zero-order valence-electron chi connectivity index (χ0n) is 15.1. The number of halogens is 1. The van der Waals surface area contributed by atoms with Crippen LogP contribution in [0.25, 0.3) is 0 Å². The molecule has 0 spiro atoms. The molecule has 2 aromatic carbocycles. The average Bonchev–Trinajstić information content (AvgIpc) is 2.69. The Hall–Kier alpha value is -3.13. The number of nitrogens with zero attached hydrogens (tertiary/aromatic N) is 1. The van der Waals surface area contributed by atoms with Gasteiger partial charge in [0.2, 0.25) is 0 Å². The number of amides is 1. The van der Waals surface area contributed by atoms with Crippen molar-refractivity contribution in [3.05, 3.63) is 68.7 Å². The molecule has 0 heterocycles. The van der Waals surface area contributed by atoms with Crippen molar-refractivity contribution in [2.45, 2.75) is 13.3 Å². The summed E-state index contributed by atoms with van der Waals surface area (Å²) in [6, 6.07) is 11.2. The van der Waals surface area contributed by atoms with Crippen LogP contribution < -0.4 is 10.1 Å². The van der Waals surface area contributed by atoms with E-state index in [0.29, 0.717) is 5.75 Å². The fraction of sp³-hybridized carbons (Fsp3) is 0.263. The highest BCUT2D eigenvalue weighted by Gasteiger charge is 2.17. The van der Waals surface area contributed by atoms with Gasteiger partial charge in [-0.15, -0.1) is 0 Å². The smallest absolute Gasteiger partial charge is 0.325 e. The van der Waals surface area contributed by atoms with Crippen molar-refractivity contribution in [3.63, 3.8) is 0 Å². The van der Waals surface area contributed by atoms with Gasteiger partial charge in [-0.05, 0) is 36.2 Å². The molecule has 0 aliphatic rings. The summed E-state index contributed by atoms with van der Waals surface area (Å²) in [5, 5.41) is 13.1. The van der Waals surface area contributed by atoms with Crippen LogP contribution in [-0.4, -0.2) is 36.6 Å². The number of nitrogens with one attached hydrogen (secondary N) is 1. The first kappa shape index (κ1) is 21.2. The van der Waals surface area contributed by atoms with Gasteiger partial charge >= 0.3 is 5.97 Å². The van der Waals surface area contributed by atoms with E-state index in [0.717, 1.165) is 18.1 Å². The third kappa shape index (κ3) is 6.24. The van der Waals surface area contributed by atoms with Gasteiger partial charge in [-0.2, -0.15) is 0 Å². The van der Waals surface area contributed by atoms with Crippen LogP contribution in [0.2, 0.25) is 5.02 Å². The van der Waals surface area contributed by atoms with E-state index in [2.05, 4.69) is 5.32 Å². The lowest BCUT2D eigenvalue weighted by Crippen LogP contribution is -2.31. The number of hydrogen-bond donors (Lipinski definition) is 1. The number of ether oxygens (including phenoxy) is 2. The summed E-state index contributed by atoms with van der Waals surface area (Å²) in [4.78, 5) is 33.9. The number of aryl methyl sites for hydroxylation is 1. The summed E-state index contributed by atoms with van der Waals surface area (Å²) in [6.07, 6.45) is 0.892. The minimum absolute atomic E-state index is 0.0167. The molecule has 0 unspecified atom stereocenters. The summed E-state index contributed by atoms with van der Waals surface area (Å²) < 4.78 is 10.5. The van der Waals surface area contributed by atoms with E-state index in [-0.39, 0.29) is 36.0 Å². The molecule has 0 fully saturated rings. The van der Waals surface area contributed by atoms with Crippen molar-refractivity contribution < 1.29 is 24.0 Å². The highest BCUT2D eigenvalue weighted by molar-refractivity contribution is 6.32. The third-order valence-corrected chi connectivity index (χ3v) is 4.04. The van der Waals surface area contributed by atoms with Gasteiger partial charge in [-0.3, -0.25) is 19.7 Å². The number of nitro benzene ring substituents is 1. The van der Waals surface area contributed by atoms with Crippen molar-refractivity contribution in [1.82, 2.24) is 5.32 Å². The Morgan fingerprint density at radius 1 is 1.18 bits per heavy atom. The molecule has 8 nitrogen and oxygen atoms in total. The Kier molecular flexibility index (Phi) is 7.76. The summed E-state index contributed by atoms with van der Waals surface area (Å²) in [7, 11) is 0. The summed E-state index contributed by atoms with van der Waals surface area (Å²) in [5.74, 6) is -0.611. The Bertz CT molecular complexity index is 871. The second-order valence-corrected chi connectivity index (χ2v) is 6.08. The summed E-state index contributed by atoms with van der Waals surface area (Å²) in [5.41, 5.74) is 0.767. The molecule has 0 aliphatic carbocycles. The maximum absolute atomic E-state index is 12.0. The Labute approximate surface area is 166 Å². The second kappa shape index (κ2) is 10.3. The van der Waals surface area contributed by atoms with Gasteiger partial charge < -0.3 is 14.8 Å². The molecule has 1 amide bonds. The van der Waals surface area contributed by atoms with Crippen LogP contribution >= 0.6 is 11.6 Å². The van der Waals surface area contributed by atoms with E-state index in [1.54, 1.807) is 0 Å². The van der Waals surface area contributed by atoms with Crippen LogP contribution in [-0.2, 0) is 16.0 Å². The van der Waals surface area contributed by atoms with Crippen molar-refractivity contribution in [1.29, 1.82) is 0 Å². The van der Waals surface area contributed by atoms with Crippen LogP contribution in [0, 0.1) is 10.1 Å². The van der Waals surface area contributed by atoms with Gasteiger partial charge in [0.15, 0.2) is 0 Å². The zero-order chi connectivity index (χ0) is 20.5. The van der Waals surface area contributed by atoms with Crippen molar-refractivity contribution in [2.24, 2.45) is 0 Å². The molecular weight excluding hydrogens is 388 g/mol. The summed E-state index contributed by atoms with van der Waals surface area (Å²) in [6.45, 7) is 1.87. The zero-order valence-corrected chi connectivity index (χ0v) is 15.9. The fourth-order valence-electron chi connectivity index (χ4n) is 2.27. The number of esters is 1. The molecule has 0 aliphatic heterocycles. The van der Waals surface area contributed by atoms with Gasteiger partial charge in [-0.25, -0.2) is 0 Å². The SMILES string of the molecule is CCc1cccc(OCCOC(=O)CNC(=O)c2ccc(Cl)c([N+](=O)[O-])c2)c1. The molecule has 9 heteroatoms. The van der Waals surface area contributed by atoms with Crippen molar-refractivity contribution in [3.8, 4) is 5.75 Å². The molecule has 0 radical (unpaired) electrons. The number of carbonyl (C=O) groups excluding carboxylic acids is 2. The first-order valence-electron chi connectivity index (χ1n) is 8.50. The largest absolute Gasteiger partial charge is 0.490 e. The van der Waals surface area contributed by atoms with E-state index in [4.69, 9.17) is 21.1 Å². The maximum Gasteiger partial charge on any atom is 0.325 e. The Morgan fingerprint density at radius 3 is 2.68 bits per heavy atom. The van der Waals surface area contributed by atoms with Crippen LogP contribution in [0.5, 0.6) is 5.75 Å². The first-order valence-corrected chi connectivity index (χ1v) is 8.88. The Balaban J connectivity index is 1.74. The molecule has 0 saturated carbocycles. The number of benzene rings is 2. The van der Waals surface area contributed by atoms with Gasteiger partial charge in [0.05, 0.1) is 4.92 Å². The topological polar surface area (TPSA) is 108 Å². The predicted octanol–water partition coefficient (Wildman–Crippen LogP) is 3.16. The molecule has 0 bridgehead atoms. The lowest BCUT2D eigenvalue weighted by Gasteiger charge is -2.09. The minimum Gasteiger partial charge on any atom is -0.490 e. The van der Waals surface area contributed by atoms with Crippen molar-refractivity contribution >= 4 is 29.2 Å². The predicted molar refractivity (Wildman–Crippen MR) is 103 cm³/mol. The lowest BCUT2D eigenvalue weighted by atomic mass is 10.2. The highest BCUT2D eigenvalue weighted by atomic mass is 35.5. The van der Waals surface area contributed by atoms with E-state index in [1.165, 1.54) is 12.1 Å². The summed E-state index contributed by atoms with van der Waals surface area (Å²) >= 11 is 5.70. The molecular formula is C19H19ClN2O6. The van der Waals surface area contributed by atoms with Crippen LogP contribution in [0.1, 0.15) is 22.8 Å². The normalized spacial score (nSPS) is 10.2. The maximum atomic E-state index is 12.0. The molecule has 2 rings (SSSR count). The number of hydrogen-bond acceptors (Lipinski definition) is 6. The monoisotopic (exact) mass is 406 g/mol. The molecule has 0 saturated heterocycles. The molecule has 148 valence electrons. The van der Waals surface area contributed by atoms with Gasteiger partial charge in [0, 0.05) is 11.6 Å². The molecule has 0 aromatic heterocycles. The molecule has 0 atom stereocenters. The number of nitro groups is 1. The van der Waals surface area contributed by atoms with Gasteiger partial charge in [0.25, 0.3) is 11.6 Å². The van der Waals surface area contributed by atoms with E-state index >= 15 is 0 Å². The van der Waals surface area contributed by atoms with Crippen LogP contribution in [0.4, 0.5) is 5.69 Å². The third-order valence-electron chi connectivity index (χ3n) is 3.72. The molecule has 1 N–H and O–H groups in total. The van der Waals surface area contributed by atoms with Crippen LogP contribution in [0.15, 0.2) is 42.5 Å². The lowest BCUT2D eigenvalue weighted by molar-refractivity contribution is -0.384. The van der Waals surface area contributed by atoms with E-state index in [9.17, 15) is 19.7 Å². The minimum atomic E-state index is -0.691. The van der Waals surface area contributed by atoms with E-state index < -0.39 is 16.8 Å². The second-order valence-electron chi connectivity index (χ2n) is 5.68. The average molecular weight is 407 g/mol. The van der Waals surface area contributed by atoms with Gasteiger partial charge in [0.1, 0.15) is 30.5 Å². The standard InChI is InChI=1S/C19H19ClN2O6/c1-2-13-4-3-5-15(10-13)27-8-9-28-18(23)12-21-19(24)14-6-7-16(20)17(11-14)22(25)26/h3-7,10-11H,2,8-9,12H2,1H3,(H,21,24). The quantitative estimate of drug-likeness (QED) is 0.296.